The summed E-state index contributed by atoms with van der Waals surface area (Å²) in [6, 6.07) is 0. The number of unbranched alkanes of at least 4 members (excludes halogenated alkanes) is 4. The molecular weight excluding hydrogens is 287 g/mol. The van der Waals surface area contributed by atoms with E-state index in [2.05, 4.69) is 4.52 Å². The quantitative estimate of drug-likeness (QED) is 0.275. The molecule has 8 heteroatoms. The second kappa shape index (κ2) is 10.6. The van der Waals surface area contributed by atoms with Crippen molar-refractivity contribution in [3.63, 3.8) is 0 Å². The average Bonchev–Trinajstić information content (AvgIpc) is 2.30. The third-order valence-corrected chi connectivity index (χ3v) is 2.73. The molecule has 7 nitrogen and oxygen atoms in total. The Morgan fingerprint density at radius 1 is 1.10 bits per heavy atom. The predicted octanol–water partition coefficient (Wildman–Crippen LogP) is 2.08. The normalized spacial score (nSPS) is 11.6. The number of carbonyl (C=O) groups is 2. The van der Waals surface area contributed by atoms with Crippen LogP contribution in [0.1, 0.15) is 45.4 Å². The molecule has 0 spiro atoms. The number of rotatable bonds is 10. The third kappa shape index (κ3) is 13.3. The molecule has 0 saturated carbocycles. The molecule has 116 valence electrons. The van der Waals surface area contributed by atoms with E-state index in [0.29, 0.717) is 13.0 Å². The SMILES string of the molecule is CC=CC(=O)OCCCCCCCC(=O)OP(=O)(O)O. The van der Waals surface area contributed by atoms with E-state index >= 15 is 0 Å². The summed E-state index contributed by atoms with van der Waals surface area (Å²) in [5, 5.41) is 0. The molecule has 0 aliphatic rings. The first kappa shape index (κ1) is 18.8. The summed E-state index contributed by atoms with van der Waals surface area (Å²) in [6.45, 7) is 2.10. The molecule has 0 aromatic heterocycles. The van der Waals surface area contributed by atoms with Crippen molar-refractivity contribution in [3.05, 3.63) is 12.2 Å². The van der Waals surface area contributed by atoms with E-state index in [-0.39, 0.29) is 12.4 Å². The molecule has 0 aliphatic heterocycles. The van der Waals surface area contributed by atoms with Crippen LogP contribution < -0.4 is 0 Å². The maximum Gasteiger partial charge on any atom is 0.526 e. The summed E-state index contributed by atoms with van der Waals surface area (Å²) in [5.74, 6) is -1.24. The molecule has 0 aliphatic carbocycles. The first-order valence-corrected chi connectivity index (χ1v) is 7.95. The molecule has 0 aromatic rings. The summed E-state index contributed by atoms with van der Waals surface area (Å²) in [7, 11) is -4.71. The summed E-state index contributed by atoms with van der Waals surface area (Å²) in [4.78, 5) is 38.7. The lowest BCUT2D eigenvalue weighted by Gasteiger charge is -2.05. The minimum atomic E-state index is -4.71. The highest BCUT2D eigenvalue weighted by Gasteiger charge is 2.19. The molecule has 0 bridgehead atoms. The third-order valence-electron chi connectivity index (χ3n) is 2.29. The van der Waals surface area contributed by atoms with Crippen LogP contribution in [0.15, 0.2) is 12.2 Å². The number of hydrogen-bond donors (Lipinski definition) is 2. The van der Waals surface area contributed by atoms with Gasteiger partial charge in [-0.15, -0.1) is 0 Å². The van der Waals surface area contributed by atoms with Crippen molar-refractivity contribution in [3.8, 4) is 0 Å². The van der Waals surface area contributed by atoms with Gasteiger partial charge in [0.15, 0.2) is 0 Å². The second-order valence-electron chi connectivity index (χ2n) is 4.14. The van der Waals surface area contributed by atoms with E-state index in [1.807, 2.05) is 0 Å². The zero-order valence-corrected chi connectivity index (χ0v) is 12.4. The Hall–Kier alpha value is -1.17. The van der Waals surface area contributed by atoms with E-state index in [1.54, 1.807) is 13.0 Å². The minimum Gasteiger partial charge on any atom is -0.463 e. The Kier molecular flexibility index (Phi) is 9.98. The summed E-state index contributed by atoms with van der Waals surface area (Å²) in [5.41, 5.74) is 0. The molecule has 0 radical (unpaired) electrons. The second-order valence-corrected chi connectivity index (χ2v) is 5.30. The molecule has 20 heavy (non-hydrogen) atoms. The molecule has 0 atom stereocenters. The van der Waals surface area contributed by atoms with Crippen LogP contribution >= 0.6 is 7.82 Å². The van der Waals surface area contributed by atoms with Gasteiger partial charge in [0, 0.05) is 12.5 Å². The zero-order chi connectivity index (χ0) is 15.4. The first-order valence-electron chi connectivity index (χ1n) is 6.42. The Morgan fingerprint density at radius 2 is 1.70 bits per heavy atom. The number of ether oxygens (including phenoxy) is 1. The van der Waals surface area contributed by atoms with Gasteiger partial charge in [0.05, 0.1) is 6.61 Å². The number of hydrogen-bond acceptors (Lipinski definition) is 5. The first-order chi connectivity index (χ1) is 9.35. The van der Waals surface area contributed by atoms with Gasteiger partial charge in [-0.1, -0.05) is 25.3 Å². The summed E-state index contributed by atoms with van der Waals surface area (Å²) in [6.07, 6.45) is 6.67. The number of phosphoric acid groups is 1. The lowest BCUT2D eigenvalue weighted by molar-refractivity contribution is -0.138. The van der Waals surface area contributed by atoms with Gasteiger partial charge in [0.1, 0.15) is 0 Å². The van der Waals surface area contributed by atoms with E-state index in [9.17, 15) is 14.2 Å². The number of esters is 1. The lowest BCUT2D eigenvalue weighted by atomic mass is 10.1. The molecule has 0 saturated heterocycles. The Bertz CT molecular complexity index is 372. The molecule has 0 rings (SSSR count). The van der Waals surface area contributed by atoms with Crippen LogP contribution in [0.25, 0.3) is 0 Å². The van der Waals surface area contributed by atoms with Crippen molar-refractivity contribution in [2.24, 2.45) is 0 Å². The monoisotopic (exact) mass is 308 g/mol. The standard InChI is InChI=1S/C12H21O7P/c1-2-8-11(13)18-10-7-5-3-4-6-9-12(14)19-20(15,16)17/h2,8H,3-7,9-10H2,1H3,(H2,15,16,17). The fourth-order valence-electron chi connectivity index (χ4n) is 1.44. The molecule has 2 N–H and O–H groups in total. The van der Waals surface area contributed by atoms with Gasteiger partial charge in [-0.3, -0.25) is 14.6 Å². The maximum atomic E-state index is 11.0. The Balaban J connectivity index is 3.39. The molecule has 0 heterocycles. The highest BCUT2D eigenvalue weighted by molar-refractivity contribution is 7.46. The van der Waals surface area contributed by atoms with Gasteiger partial charge in [0.25, 0.3) is 0 Å². The summed E-state index contributed by atoms with van der Waals surface area (Å²) < 4.78 is 19.1. The average molecular weight is 308 g/mol. The largest absolute Gasteiger partial charge is 0.526 e. The Morgan fingerprint density at radius 3 is 2.30 bits per heavy atom. The summed E-state index contributed by atoms with van der Waals surface area (Å²) >= 11 is 0. The van der Waals surface area contributed by atoms with Crippen molar-refractivity contribution >= 4 is 19.8 Å². The van der Waals surface area contributed by atoms with Crippen LogP contribution in [0.2, 0.25) is 0 Å². The zero-order valence-electron chi connectivity index (χ0n) is 11.5. The van der Waals surface area contributed by atoms with Gasteiger partial charge >= 0.3 is 19.8 Å². The topological polar surface area (TPSA) is 110 Å². The van der Waals surface area contributed by atoms with E-state index in [4.69, 9.17) is 14.5 Å². The van der Waals surface area contributed by atoms with Gasteiger partial charge in [-0.05, 0) is 19.8 Å². The van der Waals surface area contributed by atoms with E-state index in [0.717, 1.165) is 25.7 Å². The molecular formula is C12H21O7P. The number of allylic oxidation sites excluding steroid dienone is 1. The smallest absolute Gasteiger partial charge is 0.463 e. The fourth-order valence-corrected chi connectivity index (χ4v) is 1.79. The van der Waals surface area contributed by atoms with Crippen molar-refractivity contribution in [2.75, 3.05) is 6.61 Å². The highest BCUT2D eigenvalue weighted by atomic mass is 31.2. The lowest BCUT2D eigenvalue weighted by Crippen LogP contribution is -2.03. The molecule has 0 fully saturated rings. The van der Waals surface area contributed by atoms with Crippen molar-refractivity contribution in [2.45, 2.75) is 45.4 Å². The van der Waals surface area contributed by atoms with Crippen LogP contribution in [0.4, 0.5) is 0 Å². The maximum absolute atomic E-state index is 11.0. The highest BCUT2D eigenvalue weighted by Crippen LogP contribution is 2.36. The number of carbonyl (C=O) groups excluding carboxylic acids is 2. The Labute approximate surface area is 118 Å². The van der Waals surface area contributed by atoms with Crippen LogP contribution in [0, 0.1) is 0 Å². The van der Waals surface area contributed by atoms with E-state index in [1.165, 1.54) is 6.08 Å². The van der Waals surface area contributed by atoms with Gasteiger partial charge in [-0.25, -0.2) is 9.36 Å². The van der Waals surface area contributed by atoms with Crippen molar-refractivity contribution < 1.29 is 33.2 Å². The van der Waals surface area contributed by atoms with Gasteiger partial charge in [-0.2, -0.15) is 0 Å². The van der Waals surface area contributed by atoms with Crippen LogP contribution in [-0.2, 0) is 23.4 Å². The van der Waals surface area contributed by atoms with Gasteiger partial charge in [0.2, 0.25) is 0 Å². The van der Waals surface area contributed by atoms with Crippen LogP contribution in [0.5, 0.6) is 0 Å². The van der Waals surface area contributed by atoms with Gasteiger partial charge < -0.3 is 9.26 Å². The minimum absolute atomic E-state index is 0.0125. The van der Waals surface area contributed by atoms with Crippen LogP contribution in [0.3, 0.4) is 0 Å². The predicted molar refractivity (Wildman–Crippen MR) is 71.6 cm³/mol. The fraction of sp³-hybridized carbons (Fsp3) is 0.667. The van der Waals surface area contributed by atoms with Crippen molar-refractivity contribution in [1.82, 2.24) is 0 Å². The molecule has 0 unspecified atom stereocenters. The molecule has 0 amide bonds. The van der Waals surface area contributed by atoms with Crippen LogP contribution in [-0.4, -0.2) is 28.3 Å². The number of phosphoric ester groups is 1. The van der Waals surface area contributed by atoms with Crippen molar-refractivity contribution in [1.29, 1.82) is 0 Å². The molecule has 0 aromatic carbocycles. The van der Waals surface area contributed by atoms with E-state index < -0.39 is 13.8 Å².